The third-order valence-corrected chi connectivity index (χ3v) is 3.21. The highest BCUT2D eigenvalue weighted by Crippen LogP contribution is 2.17. The van der Waals surface area contributed by atoms with Crippen molar-refractivity contribution in [2.75, 3.05) is 6.61 Å². The quantitative estimate of drug-likeness (QED) is 0.877. The molecule has 0 aliphatic carbocycles. The van der Waals surface area contributed by atoms with Crippen molar-refractivity contribution in [1.82, 2.24) is 0 Å². The van der Waals surface area contributed by atoms with Crippen molar-refractivity contribution in [3.8, 4) is 5.75 Å². The molecule has 0 saturated carbocycles. The van der Waals surface area contributed by atoms with Crippen molar-refractivity contribution in [2.45, 2.75) is 18.9 Å². The molecule has 2 aromatic carbocycles. The van der Waals surface area contributed by atoms with Crippen LogP contribution in [0.4, 0.5) is 4.39 Å². The second-order valence-electron chi connectivity index (χ2n) is 4.56. The zero-order chi connectivity index (χ0) is 14.4. The molecule has 0 spiro atoms. The second-order valence-corrected chi connectivity index (χ2v) is 4.96. The number of halogens is 2. The number of para-hydroxylation sites is 1. The van der Waals surface area contributed by atoms with Gasteiger partial charge in [-0.05, 0) is 36.2 Å². The first kappa shape index (κ1) is 14.8. The summed E-state index contributed by atoms with van der Waals surface area (Å²) in [4.78, 5) is 0. The summed E-state index contributed by atoms with van der Waals surface area (Å²) in [6.07, 6.45) is 0.391. The number of aliphatic hydroxyl groups is 1. The molecule has 0 aromatic heterocycles. The topological polar surface area (TPSA) is 29.5 Å². The van der Waals surface area contributed by atoms with Crippen LogP contribution < -0.4 is 4.74 Å². The van der Waals surface area contributed by atoms with E-state index in [0.29, 0.717) is 19.4 Å². The highest BCUT2D eigenvalue weighted by Gasteiger charge is 2.08. The van der Waals surface area contributed by atoms with E-state index in [4.69, 9.17) is 16.3 Å². The summed E-state index contributed by atoms with van der Waals surface area (Å²) in [5, 5.41) is 10.0. The summed E-state index contributed by atoms with van der Waals surface area (Å²) in [5.41, 5.74) is 0.809. The lowest BCUT2D eigenvalue weighted by atomic mass is 10.1. The van der Waals surface area contributed by atoms with Gasteiger partial charge in [0.15, 0.2) is 0 Å². The number of ether oxygens (including phenoxy) is 1. The van der Waals surface area contributed by atoms with E-state index in [9.17, 15) is 9.50 Å². The van der Waals surface area contributed by atoms with E-state index in [1.807, 2.05) is 30.3 Å². The fraction of sp³-hybridized carbons (Fsp3) is 0.250. The molecule has 0 bridgehead atoms. The van der Waals surface area contributed by atoms with Crippen molar-refractivity contribution in [2.24, 2.45) is 0 Å². The number of hydrogen-bond donors (Lipinski definition) is 1. The molecule has 2 rings (SSSR count). The first-order valence-electron chi connectivity index (χ1n) is 6.45. The molecular weight excluding hydrogens is 279 g/mol. The predicted octanol–water partition coefficient (Wildman–Crippen LogP) is 3.85. The minimum atomic E-state index is -0.541. The van der Waals surface area contributed by atoms with Crippen molar-refractivity contribution in [3.05, 3.63) is 64.9 Å². The van der Waals surface area contributed by atoms with Gasteiger partial charge in [-0.1, -0.05) is 35.9 Å². The number of hydrogen-bond acceptors (Lipinski definition) is 2. The minimum absolute atomic E-state index is 0.0789. The van der Waals surface area contributed by atoms with Gasteiger partial charge in [0.25, 0.3) is 0 Å². The van der Waals surface area contributed by atoms with Crippen molar-refractivity contribution >= 4 is 11.6 Å². The molecule has 0 fully saturated rings. The van der Waals surface area contributed by atoms with Gasteiger partial charge < -0.3 is 9.84 Å². The van der Waals surface area contributed by atoms with Crippen LogP contribution in [-0.2, 0) is 6.42 Å². The van der Waals surface area contributed by atoms with Crippen molar-refractivity contribution in [1.29, 1.82) is 0 Å². The maximum absolute atomic E-state index is 13.0. The molecule has 20 heavy (non-hydrogen) atoms. The number of rotatable bonds is 6. The molecule has 1 atom stereocenters. The molecule has 0 saturated heterocycles. The first-order valence-corrected chi connectivity index (χ1v) is 6.83. The zero-order valence-electron chi connectivity index (χ0n) is 10.9. The molecule has 2 aromatic rings. The third-order valence-electron chi connectivity index (χ3n) is 2.92. The molecule has 0 radical (unpaired) electrons. The van der Waals surface area contributed by atoms with Gasteiger partial charge in [0.1, 0.15) is 11.6 Å². The maximum atomic E-state index is 13.0. The summed E-state index contributed by atoms with van der Waals surface area (Å²) < 4.78 is 18.5. The summed E-state index contributed by atoms with van der Waals surface area (Å²) in [6.45, 7) is 0.431. The average Bonchev–Trinajstić information content (AvgIpc) is 2.44. The summed E-state index contributed by atoms with van der Waals surface area (Å²) >= 11 is 5.70. The van der Waals surface area contributed by atoms with Gasteiger partial charge in [-0.3, -0.25) is 0 Å². The Morgan fingerprint density at radius 2 is 1.90 bits per heavy atom. The third kappa shape index (κ3) is 4.51. The van der Waals surface area contributed by atoms with E-state index in [1.165, 1.54) is 12.1 Å². The predicted molar refractivity (Wildman–Crippen MR) is 77.7 cm³/mol. The summed E-state index contributed by atoms with van der Waals surface area (Å²) in [6, 6.07) is 13.9. The molecule has 0 amide bonds. The SMILES string of the molecule is OC(CCOc1ccccc1)Cc1ccc(F)c(Cl)c1. The minimum Gasteiger partial charge on any atom is -0.493 e. The molecule has 1 N–H and O–H groups in total. The lowest BCUT2D eigenvalue weighted by Gasteiger charge is -2.12. The fourth-order valence-electron chi connectivity index (χ4n) is 1.87. The Morgan fingerprint density at radius 1 is 1.15 bits per heavy atom. The van der Waals surface area contributed by atoms with Crippen LogP contribution in [0.3, 0.4) is 0 Å². The standard InChI is InChI=1S/C16H16ClFO2/c17-15-11-12(6-7-16(15)18)10-13(19)8-9-20-14-4-2-1-3-5-14/h1-7,11,13,19H,8-10H2. The van der Waals surface area contributed by atoms with E-state index in [2.05, 4.69) is 0 Å². The van der Waals surface area contributed by atoms with Gasteiger partial charge in [-0.2, -0.15) is 0 Å². The highest BCUT2D eigenvalue weighted by molar-refractivity contribution is 6.30. The van der Waals surface area contributed by atoms with Crippen LogP contribution in [0, 0.1) is 5.82 Å². The fourth-order valence-corrected chi connectivity index (χ4v) is 2.07. The number of benzene rings is 2. The molecule has 2 nitrogen and oxygen atoms in total. The van der Waals surface area contributed by atoms with Gasteiger partial charge in [0.05, 0.1) is 17.7 Å². The Kier molecular flexibility index (Phi) is 5.39. The Hall–Kier alpha value is -1.58. The second kappa shape index (κ2) is 7.27. The van der Waals surface area contributed by atoms with E-state index in [1.54, 1.807) is 6.07 Å². The highest BCUT2D eigenvalue weighted by atomic mass is 35.5. The lowest BCUT2D eigenvalue weighted by molar-refractivity contribution is 0.139. The normalized spacial score (nSPS) is 12.2. The molecule has 0 aliphatic rings. The Morgan fingerprint density at radius 3 is 2.60 bits per heavy atom. The Labute approximate surface area is 122 Å². The largest absolute Gasteiger partial charge is 0.493 e. The van der Waals surface area contributed by atoms with E-state index in [0.717, 1.165) is 11.3 Å². The smallest absolute Gasteiger partial charge is 0.141 e. The molecule has 0 heterocycles. The van der Waals surface area contributed by atoms with Crippen LogP contribution >= 0.6 is 11.6 Å². The van der Waals surface area contributed by atoms with Gasteiger partial charge in [-0.15, -0.1) is 0 Å². The molecule has 0 aliphatic heterocycles. The van der Waals surface area contributed by atoms with Crippen LogP contribution in [0.2, 0.25) is 5.02 Å². The van der Waals surface area contributed by atoms with Gasteiger partial charge in [0, 0.05) is 6.42 Å². The van der Waals surface area contributed by atoms with E-state index < -0.39 is 11.9 Å². The lowest BCUT2D eigenvalue weighted by Crippen LogP contribution is -2.14. The van der Waals surface area contributed by atoms with Gasteiger partial charge >= 0.3 is 0 Å². The first-order chi connectivity index (χ1) is 9.65. The summed E-state index contributed by atoms with van der Waals surface area (Å²) in [5.74, 6) is 0.335. The maximum Gasteiger partial charge on any atom is 0.141 e. The zero-order valence-corrected chi connectivity index (χ0v) is 11.7. The van der Waals surface area contributed by atoms with Crippen LogP contribution in [-0.4, -0.2) is 17.8 Å². The monoisotopic (exact) mass is 294 g/mol. The average molecular weight is 295 g/mol. The summed E-state index contributed by atoms with van der Waals surface area (Å²) in [7, 11) is 0. The van der Waals surface area contributed by atoms with E-state index in [-0.39, 0.29) is 5.02 Å². The molecule has 1 unspecified atom stereocenters. The Balaban J connectivity index is 1.77. The van der Waals surface area contributed by atoms with Crippen molar-refractivity contribution in [3.63, 3.8) is 0 Å². The van der Waals surface area contributed by atoms with Crippen LogP contribution in [0.1, 0.15) is 12.0 Å². The molecule has 106 valence electrons. The van der Waals surface area contributed by atoms with Crippen LogP contribution in [0.15, 0.2) is 48.5 Å². The van der Waals surface area contributed by atoms with Crippen LogP contribution in [0.25, 0.3) is 0 Å². The van der Waals surface area contributed by atoms with E-state index >= 15 is 0 Å². The van der Waals surface area contributed by atoms with Gasteiger partial charge in [-0.25, -0.2) is 4.39 Å². The van der Waals surface area contributed by atoms with Crippen molar-refractivity contribution < 1.29 is 14.2 Å². The number of aliphatic hydroxyl groups excluding tert-OH is 1. The molecular formula is C16H16ClFO2. The Bertz CT molecular complexity index is 545. The van der Waals surface area contributed by atoms with Gasteiger partial charge in [0.2, 0.25) is 0 Å². The molecule has 4 heteroatoms. The van der Waals surface area contributed by atoms with Crippen LogP contribution in [0.5, 0.6) is 5.75 Å².